The van der Waals surface area contributed by atoms with E-state index >= 15 is 0 Å². The Bertz CT molecular complexity index is 1080. The molecule has 0 spiro atoms. The smallest absolute Gasteiger partial charge is 0.254 e. The van der Waals surface area contributed by atoms with Crippen molar-refractivity contribution in [2.45, 2.75) is 50.5 Å². The third-order valence-corrected chi connectivity index (χ3v) is 6.97. The predicted octanol–water partition coefficient (Wildman–Crippen LogP) is 5.66. The number of amides is 1. The average Bonchev–Trinajstić information content (AvgIpc) is 2.86. The van der Waals surface area contributed by atoms with Gasteiger partial charge in [-0.15, -0.1) is 11.8 Å². The van der Waals surface area contributed by atoms with Crippen LogP contribution >= 0.6 is 11.8 Å². The summed E-state index contributed by atoms with van der Waals surface area (Å²) in [6, 6.07) is 11.5. The van der Waals surface area contributed by atoms with Crippen molar-refractivity contribution in [3.05, 3.63) is 48.2 Å². The van der Waals surface area contributed by atoms with E-state index in [9.17, 15) is 4.79 Å². The number of pyridine rings is 1. The van der Waals surface area contributed by atoms with Crippen LogP contribution in [0.25, 0.3) is 10.9 Å². The van der Waals surface area contributed by atoms with Crippen LogP contribution in [-0.2, 0) is 0 Å². The number of nitrogens with zero attached hydrogens (tertiary/aromatic N) is 4. The summed E-state index contributed by atoms with van der Waals surface area (Å²) in [6.45, 7) is 2.95. The molecular formula is C26H40N6OS. The molecule has 4 rings (SSSR count). The van der Waals surface area contributed by atoms with Gasteiger partial charge in [0.25, 0.3) is 5.91 Å². The van der Waals surface area contributed by atoms with E-state index in [2.05, 4.69) is 27.2 Å². The molecule has 3 aromatic rings. The van der Waals surface area contributed by atoms with E-state index in [4.69, 9.17) is 5.73 Å². The van der Waals surface area contributed by atoms with Crippen molar-refractivity contribution in [2.75, 3.05) is 37.0 Å². The lowest BCUT2D eigenvalue weighted by atomic mass is 9.89. The van der Waals surface area contributed by atoms with Crippen LogP contribution in [0, 0.1) is 5.92 Å². The van der Waals surface area contributed by atoms with Gasteiger partial charge in [0, 0.05) is 35.1 Å². The number of hydrogen-bond donors (Lipinski definition) is 2. The molecule has 0 unspecified atom stereocenters. The largest absolute Gasteiger partial charge is 0.368 e. The van der Waals surface area contributed by atoms with Gasteiger partial charge < -0.3 is 16.0 Å². The van der Waals surface area contributed by atoms with Crippen LogP contribution in [0.15, 0.2) is 47.6 Å². The van der Waals surface area contributed by atoms with E-state index < -0.39 is 0 Å². The maximum atomic E-state index is 12.3. The van der Waals surface area contributed by atoms with Crippen molar-refractivity contribution >= 4 is 40.3 Å². The quantitative estimate of drug-likeness (QED) is 0.417. The SMILES string of the molecule is CCCSc1ncccc1C(=O)NCC1CCCCC1.CN(C)c1nc(N)nc2ccccc12.[HH].[HH]. The Morgan fingerprint density at radius 2 is 1.91 bits per heavy atom. The molecule has 186 valence electrons. The highest BCUT2D eigenvalue weighted by Gasteiger charge is 2.17. The van der Waals surface area contributed by atoms with Crippen LogP contribution in [-0.4, -0.2) is 47.3 Å². The highest BCUT2D eigenvalue weighted by atomic mass is 32.2. The molecule has 34 heavy (non-hydrogen) atoms. The number of anilines is 2. The number of rotatable bonds is 7. The number of fused-ring (bicyclic) bond motifs is 1. The van der Waals surface area contributed by atoms with E-state index in [1.54, 1.807) is 18.0 Å². The molecular weight excluding hydrogens is 444 g/mol. The molecule has 2 aromatic heterocycles. The zero-order valence-corrected chi connectivity index (χ0v) is 21.3. The van der Waals surface area contributed by atoms with Crippen LogP contribution in [0.5, 0.6) is 0 Å². The number of nitrogens with two attached hydrogens (primary N) is 1. The summed E-state index contributed by atoms with van der Waals surface area (Å²) < 4.78 is 0. The van der Waals surface area contributed by atoms with Crippen molar-refractivity contribution in [1.29, 1.82) is 0 Å². The first-order valence-corrected chi connectivity index (χ1v) is 13.0. The van der Waals surface area contributed by atoms with Crippen LogP contribution in [0.4, 0.5) is 11.8 Å². The van der Waals surface area contributed by atoms with Crippen LogP contribution in [0.3, 0.4) is 0 Å². The molecule has 1 fully saturated rings. The molecule has 0 saturated heterocycles. The number of carbonyl (C=O) groups is 1. The number of thioether (sulfide) groups is 1. The molecule has 1 aromatic carbocycles. The maximum absolute atomic E-state index is 12.3. The van der Waals surface area contributed by atoms with Crippen molar-refractivity contribution in [2.24, 2.45) is 5.92 Å². The number of hydrogen-bond acceptors (Lipinski definition) is 7. The molecule has 7 nitrogen and oxygen atoms in total. The van der Waals surface area contributed by atoms with Gasteiger partial charge in [-0.3, -0.25) is 4.79 Å². The zero-order chi connectivity index (χ0) is 24.3. The van der Waals surface area contributed by atoms with Gasteiger partial charge in [0.1, 0.15) is 10.8 Å². The van der Waals surface area contributed by atoms with Gasteiger partial charge in [0.2, 0.25) is 5.95 Å². The fourth-order valence-corrected chi connectivity index (χ4v) is 4.87. The summed E-state index contributed by atoms with van der Waals surface area (Å²) in [7, 11) is 3.88. The number of aromatic nitrogens is 3. The normalized spacial score (nSPS) is 13.7. The number of carbonyl (C=O) groups excluding carboxylic acids is 1. The maximum Gasteiger partial charge on any atom is 0.254 e. The molecule has 3 N–H and O–H groups in total. The Labute approximate surface area is 209 Å². The summed E-state index contributed by atoms with van der Waals surface area (Å²) in [5.74, 6) is 2.86. The Morgan fingerprint density at radius 3 is 2.65 bits per heavy atom. The Kier molecular flexibility index (Phi) is 9.94. The first kappa shape index (κ1) is 25.7. The molecule has 2 heterocycles. The van der Waals surface area contributed by atoms with Gasteiger partial charge in [0.15, 0.2) is 0 Å². The topological polar surface area (TPSA) is 97.0 Å². The van der Waals surface area contributed by atoms with Crippen LogP contribution < -0.4 is 16.0 Å². The molecule has 8 heteroatoms. The average molecular weight is 485 g/mol. The first-order valence-electron chi connectivity index (χ1n) is 12.0. The number of nitrogens with one attached hydrogen (secondary N) is 1. The van der Waals surface area contributed by atoms with E-state index in [0.717, 1.165) is 46.0 Å². The zero-order valence-electron chi connectivity index (χ0n) is 20.5. The Hall–Kier alpha value is -2.87. The highest BCUT2D eigenvalue weighted by Crippen LogP contribution is 2.24. The van der Waals surface area contributed by atoms with Crippen LogP contribution in [0.2, 0.25) is 0 Å². The van der Waals surface area contributed by atoms with Gasteiger partial charge in [0.05, 0.1) is 11.1 Å². The molecule has 0 bridgehead atoms. The van der Waals surface area contributed by atoms with Crippen molar-refractivity contribution in [1.82, 2.24) is 20.3 Å². The fourth-order valence-electron chi connectivity index (χ4n) is 4.02. The lowest BCUT2D eigenvalue weighted by molar-refractivity contribution is 0.0940. The molecule has 0 radical (unpaired) electrons. The monoisotopic (exact) mass is 484 g/mol. The minimum atomic E-state index is 0. The second-order valence-electron chi connectivity index (χ2n) is 8.74. The molecule has 1 aliphatic carbocycles. The minimum absolute atomic E-state index is 0. The third kappa shape index (κ3) is 7.32. The molecule has 1 saturated carbocycles. The molecule has 1 aliphatic rings. The van der Waals surface area contributed by atoms with Gasteiger partial charge in [-0.2, -0.15) is 4.98 Å². The summed E-state index contributed by atoms with van der Waals surface area (Å²) in [5, 5.41) is 4.97. The Balaban J connectivity index is 0.000000359. The van der Waals surface area contributed by atoms with E-state index in [0.29, 0.717) is 11.9 Å². The number of nitrogen functional groups attached to an aromatic ring is 1. The van der Waals surface area contributed by atoms with Crippen LogP contribution in [0.1, 0.15) is 58.7 Å². The second-order valence-corrected chi connectivity index (χ2v) is 9.82. The highest BCUT2D eigenvalue weighted by molar-refractivity contribution is 7.99. The first-order chi connectivity index (χ1) is 16.5. The van der Waals surface area contributed by atoms with Crippen molar-refractivity contribution in [3.63, 3.8) is 0 Å². The third-order valence-electron chi connectivity index (χ3n) is 5.76. The van der Waals surface area contributed by atoms with Crippen molar-refractivity contribution in [3.8, 4) is 0 Å². The summed E-state index contributed by atoms with van der Waals surface area (Å²) >= 11 is 1.66. The van der Waals surface area contributed by atoms with E-state index in [1.165, 1.54) is 32.1 Å². The van der Waals surface area contributed by atoms with Gasteiger partial charge >= 0.3 is 0 Å². The molecule has 0 aliphatic heterocycles. The minimum Gasteiger partial charge on any atom is -0.368 e. The van der Waals surface area contributed by atoms with Gasteiger partial charge in [-0.1, -0.05) is 38.3 Å². The Morgan fingerprint density at radius 1 is 1.15 bits per heavy atom. The van der Waals surface area contributed by atoms with Gasteiger partial charge in [-0.25, -0.2) is 9.97 Å². The van der Waals surface area contributed by atoms with Crippen molar-refractivity contribution < 1.29 is 7.65 Å². The summed E-state index contributed by atoms with van der Waals surface area (Å²) in [6.07, 6.45) is 9.33. The standard InChI is InChI=1S/C16H24N2OS.C10H12N4.2H2/c1-2-11-20-16-14(9-6-10-17-16)15(19)18-12-13-7-4-3-5-8-13;1-14(2)9-7-5-3-4-6-8(7)12-10(11)13-9;;/h6,9-10,13H,2-5,7-8,11-12H2,1H3,(H,18,19);3-6H,1-2H3,(H2,11,12,13);2*1H. The fraction of sp³-hybridized carbons (Fsp3) is 0.462. The van der Waals surface area contributed by atoms with E-state index in [1.807, 2.05) is 55.4 Å². The predicted molar refractivity (Wildman–Crippen MR) is 147 cm³/mol. The second kappa shape index (κ2) is 13.1. The molecule has 0 atom stereocenters. The lowest BCUT2D eigenvalue weighted by Crippen LogP contribution is -2.30. The molecule has 1 amide bonds. The number of benzene rings is 1. The van der Waals surface area contributed by atoms with Gasteiger partial charge in [-0.05, 0) is 55.2 Å². The lowest BCUT2D eigenvalue weighted by Gasteiger charge is -2.21. The number of para-hydroxylation sites is 1. The summed E-state index contributed by atoms with van der Waals surface area (Å²) in [4.78, 5) is 26.9. The van der Waals surface area contributed by atoms with E-state index in [-0.39, 0.29) is 8.76 Å². The summed E-state index contributed by atoms with van der Waals surface area (Å²) in [5.41, 5.74) is 7.22.